The lowest BCUT2D eigenvalue weighted by Gasteiger charge is -2.24. The van der Waals surface area contributed by atoms with E-state index in [0.717, 1.165) is 36.4 Å². The number of para-hydroxylation sites is 1. The van der Waals surface area contributed by atoms with Crippen LogP contribution in [0.4, 0.5) is 0 Å². The Balaban J connectivity index is 1.81. The molecule has 2 heteroatoms. The van der Waals surface area contributed by atoms with Gasteiger partial charge in [-0.3, -0.25) is 4.98 Å². The van der Waals surface area contributed by atoms with Gasteiger partial charge in [-0.15, -0.1) is 0 Å². The number of rotatable bonds is 3. The van der Waals surface area contributed by atoms with E-state index in [1.54, 1.807) is 0 Å². The van der Waals surface area contributed by atoms with Crippen molar-refractivity contribution >= 4 is 10.9 Å². The van der Waals surface area contributed by atoms with Gasteiger partial charge in [0.25, 0.3) is 0 Å². The van der Waals surface area contributed by atoms with E-state index in [0.29, 0.717) is 0 Å². The Morgan fingerprint density at radius 2 is 2.11 bits per heavy atom. The minimum absolute atomic E-state index is 0.0316. The molecule has 0 saturated heterocycles. The first-order valence-corrected chi connectivity index (χ1v) is 7.32. The summed E-state index contributed by atoms with van der Waals surface area (Å²) in [6.45, 7) is 2.27. The van der Waals surface area contributed by atoms with E-state index in [1.807, 2.05) is 6.07 Å². The molecule has 0 bridgehead atoms. The number of benzene rings is 1. The molecule has 0 radical (unpaired) electrons. The van der Waals surface area contributed by atoms with Crippen molar-refractivity contribution in [3.8, 4) is 0 Å². The number of nitrogens with zero attached hydrogens (tertiary/aromatic N) is 1. The van der Waals surface area contributed by atoms with Gasteiger partial charge in [-0.25, -0.2) is 0 Å². The Kier molecular flexibility index (Phi) is 3.28. The second-order valence-electron chi connectivity index (χ2n) is 6.05. The van der Waals surface area contributed by atoms with Gasteiger partial charge in [-0.05, 0) is 37.3 Å². The molecule has 1 aromatic heterocycles. The van der Waals surface area contributed by atoms with Crippen LogP contribution in [0.5, 0.6) is 0 Å². The molecule has 2 unspecified atom stereocenters. The molecule has 2 nitrogen and oxygen atoms in total. The first kappa shape index (κ1) is 12.6. The van der Waals surface area contributed by atoms with E-state index in [9.17, 15) is 0 Å². The van der Waals surface area contributed by atoms with Crippen LogP contribution in [0.25, 0.3) is 10.9 Å². The predicted molar refractivity (Wildman–Crippen MR) is 80.0 cm³/mol. The number of fused-ring (bicyclic) bond motifs is 1. The minimum Gasteiger partial charge on any atom is -0.325 e. The molecule has 1 aliphatic rings. The lowest BCUT2D eigenvalue weighted by Crippen LogP contribution is -2.39. The van der Waals surface area contributed by atoms with Crippen molar-refractivity contribution in [2.45, 2.75) is 44.6 Å². The van der Waals surface area contributed by atoms with Gasteiger partial charge in [0.2, 0.25) is 0 Å². The van der Waals surface area contributed by atoms with E-state index >= 15 is 0 Å². The van der Waals surface area contributed by atoms with Gasteiger partial charge in [0.1, 0.15) is 0 Å². The van der Waals surface area contributed by atoms with Crippen LogP contribution in [0.15, 0.2) is 36.4 Å². The van der Waals surface area contributed by atoms with Crippen LogP contribution in [0.1, 0.15) is 38.3 Å². The third-order valence-electron chi connectivity index (χ3n) is 4.51. The number of hydrogen-bond acceptors (Lipinski definition) is 2. The second kappa shape index (κ2) is 4.93. The average molecular weight is 254 g/mol. The van der Waals surface area contributed by atoms with E-state index in [-0.39, 0.29) is 5.54 Å². The lowest BCUT2D eigenvalue weighted by molar-refractivity contribution is 0.404. The Hall–Kier alpha value is -1.41. The standard InChI is InChI=1S/C17H22N2/c1-2-13-9-10-17(18,11-13)12-15-8-7-14-5-3-4-6-16(14)19-15/h3-8,13H,2,9-12,18H2,1H3. The smallest absolute Gasteiger partial charge is 0.0705 e. The highest BCUT2D eigenvalue weighted by Gasteiger charge is 2.35. The van der Waals surface area contributed by atoms with Crippen molar-refractivity contribution in [2.75, 3.05) is 0 Å². The molecular weight excluding hydrogens is 232 g/mol. The summed E-state index contributed by atoms with van der Waals surface area (Å²) in [5, 5.41) is 1.20. The summed E-state index contributed by atoms with van der Waals surface area (Å²) in [5.74, 6) is 0.811. The summed E-state index contributed by atoms with van der Waals surface area (Å²) in [5.41, 5.74) is 8.74. The van der Waals surface area contributed by atoms with Gasteiger partial charge < -0.3 is 5.73 Å². The maximum absolute atomic E-state index is 6.56. The SMILES string of the molecule is CCC1CCC(N)(Cc2ccc3ccccc3n2)C1. The number of nitrogens with two attached hydrogens (primary N) is 1. The van der Waals surface area contributed by atoms with Crippen LogP contribution < -0.4 is 5.73 Å². The molecule has 2 N–H and O–H groups in total. The molecule has 2 atom stereocenters. The van der Waals surface area contributed by atoms with E-state index < -0.39 is 0 Å². The van der Waals surface area contributed by atoms with Crippen molar-refractivity contribution in [3.05, 3.63) is 42.1 Å². The minimum atomic E-state index is -0.0316. The Labute approximate surface area is 115 Å². The number of pyridine rings is 1. The molecule has 0 aliphatic heterocycles. The fraction of sp³-hybridized carbons (Fsp3) is 0.471. The van der Waals surface area contributed by atoms with Crippen LogP contribution in [-0.4, -0.2) is 10.5 Å². The molecule has 1 heterocycles. The van der Waals surface area contributed by atoms with Gasteiger partial charge in [0.15, 0.2) is 0 Å². The third kappa shape index (κ3) is 2.64. The summed E-state index contributed by atoms with van der Waals surface area (Å²) >= 11 is 0. The molecule has 100 valence electrons. The Bertz CT molecular complexity index is 578. The molecule has 1 fully saturated rings. The molecule has 1 aromatic carbocycles. The zero-order chi connectivity index (χ0) is 13.3. The van der Waals surface area contributed by atoms with Gasteiger partial charge in [-0.1, -0.05) is 37.6 Å². The highest BCUT2D eigenvalue weighted by Crippen LogP contribution is 2.36. The first-order chi connectivity index (χ1) is 9.18. The summed E-state index contributed by atoms with van der Waals surface area (Å²) in [7, 11) is 0. The van der Waals surface area contributed by atoms with Gasteiger partial charge in [0.05, 0.1) is 5.52 Å². The summed E-state index contributed by atoms with van der Waals surface area (Å²) in [6.07, 6.45) is 5.73. The van der Waals surface area contributed by atoms with Gasteiger partial charge >= 0.3 is 0 Å². The van der Waals surface area contributed by atoms with Crippen molar-refractivity contribution < 1.29 is 0 Å². The van der Waals surface area contributed by atoms with Crippen molar-refractivity contribution in [3.63, 3.8) is 0 Å². The topological polar surface area (TPSA) is 38.9 Å². The Morgan fingerprint density at radius 3 is 2.89 bits per heavy atom. The molecule has 1 saturated carbocycles. The number of aromatic nitrogens is 1. The molecule has 19 heavy (non-hydrogen) atoms. The quantitative estimate of drug-likeness (QED) is 0.907. The monoisotopic (exact) mass is 254 g/mol. The first-order valence-electron chi connectivity index (χ1n) is 7.32. The normalized spacial score (nSPS) is 26.9. The van der Waals surface area contributed by atoms with E-state index in [2.05, 4.69) is 37.3 Å². The van der Waals surface area contributed by atoms with Crippen LogP contribution in [0, 0.1) is 5.92 Å². The maximum atomic E-state index is 6.56. The van der Waals surface area contributed by atoms with Crippen molar-refractivity contribution in [2.24, 2.45) is 11.7 Å². The average Bonchev–Trinajstić information content (AvgIpc) is 2.80. The molecule has 0 amide bonds. The molecular formula is C17H22N2. The van der Waals surface area contributed by atoms with Gasteiger partial charge in [0, 0.05) is 23.0 Å². The zero-order valence-electron chi connectivity index (χ0n) is 11.6. The van der Waals surface area contributed by atoms with Crippen LogP contribution in [0.2, 0.25) is 0 Å². The highest BCUT2D eigenvalue weighted by atomic mass is 14.8. The van der Waals surface area contributed by atoms with Crippen molar-refractivity contribution in [1.82, 2.24) is 4.98 Å². The third-order valence-corrected chi connectivity index (χ3v) is 4.51. The predicted octanol–water partition coefficient (Wildman–Crippen LogP) is 3.68. The van der Waals surface area contributed by atoms with Crippen molar-refractivity contribution in [1.29, 1.82) is 0 Å². The van der Waals surface area contributed by atoms with Crippen LogP contribution >= 0.6 is 0 Å². The highest BCUT2D eigenvalue weighted by molar-refractivity contribution is 5.78. The Morgan fingerprint density at radius 1 is 1.26 bits per heavy atom. The van der Waals surface area contributed by atoms with E-state index in [4.69, 9.17) is 10.7 Å². The fourth-order valence-corrected chi connectivity index (χ4v) is 3.35. The second-order valence-corrected chi connectivity index (χ2v) is 6.05. The largest absolute Gasteiger partial charge is 0.325 e. The van der Waals surface area contributed by atoms with E-state index in [1.165, 1.54) is 18.2 Å². The molecule has 0 spiro atoms. The molecule has 2 aromatic rings. The summed E-state index contributed by atoms with van der Waals surface area (Å²) in [4.78, 5) is 4.75. The van der Waals surface area contributed by atoms with Gasteiger partial charge in [-0.2, -0.15) is 0 Å². The zero-order valence-corrected chi connectivity index (χ0v) is 11.6. The molecule has 1 aliphatic carbocycles. The van der Waals surface area contributed by atoms with Crippen LogP contribution in [0.3, 0.4) is 0 Å². The van der Waals surface area contributed by atoms with Crippen LogP contribution in [-0.2, 0) is 6.42 Å². The number of hydrogen-bond donors (Lipinski definition) is 1. The summed E-state index contributed by atoms with van der Waals surface area (Å²) < 4.78 is 0. The molecule has 3 rings (SSSR count). The lowest BCUT2D eigenvalue weighted by atomic mass is 9.90. The summed E-state index contributed by atoms with van der Waals surface area (Å²) in [6, 6.07) is 12.6. The fourth-order valence-electron chi connectivity index (χ4n) is 3.35. The maximum Gasteiger partial charge on any atom is 0.0705 e.